The number of fused-ring (bicyclic) bond motifs is 1. The number of hydrogen-bond donors (Lipinski definition) is 7. The molecule has 9 N–H and O–H groups in total. The van der Waals surface area contributed by atoms with Crippen molar-refractivity contribution in [3.63, 3.8) is 0 Å². The summed E-state index contributed by atoms with van der Waals surface area (Å²) in [5, 5.41) is 25.4. The van der Waals surface area contributed by atoms with Crippen LogP contribution in [0.4, 0.5) is 18.0 Å². The summed E-state index contributed by atoms with van der Waals surface area (Å²) in [6.45, 7) is 0.0325. The highest BCUT2D eigenvalue weighted by atomic mass is 19.4. The van der Waals surface area contributed by atoms with Crippen LogP contribution in [-0.4, -0.2) is 118 Å². The number of alkyl halides is 3. The van der Waals surface area contributed by atoms with E-state index in [1.54, 1.807) is 35.0 Å². The molecule has 58 heavy (non-hydrogen) atoms. The molecule has 1 saturated heterocycles. The van der Waals surface area contributed by atoms with E-state index in [-0.39, 0.29) is 45.0 Å². The molecule has 0 aliphatic carbocycles. The standard InChI is InChI=1S/C34H42N8O9.C2HF3O2/c1-50-32(48)25(19-41-16-13-22-10-5-6-12-26(22)41)39-30(46)27(18-28(43)44)42-17-14-24(31(42)47)38-29(45)23(11-7-15-37-33(35)36)40-34(49)51-20-21-8-3-2-4-9-21;3-2(4,5)1(6)7/h2-6,8-10,12-13,16,23-25,27H,7,11,14-15,17-20H2,1H3,(H,38,45)(H,39,46)(H,40,49)(H,43,44)(H4,35,36,37);(H,6,7)/t23-,24-,25-,27-;/m0./s1. The number of nitrogens with one attached hydrogen (secondary N) is 3. The largest absolute Gasteiger partial charge is 0.490 e. The number of aromatic nitrogens is 1. The number of alkyl carbamates (subject to hydrolysis) is 1. The zero-order chi connectivity index (χ0) is 43.0. The Morgan fingerprint density at radius 1 is 0.948 bits per heavy atom. The second-order valence-electron chi connectivity index (χ2n) is 12.6. The van der Waals surface area contributed by atoms with Gasteiger partial charge in [0, 0.05) is 24.8 Å². The summed E-state index contributed by atoms with van der Waals surface area (Å²) in [5.74, 6) is -7.33. The molecule has 1 aliphatic heterocycles. The van der Waals surface area contributed by atoms with Crippen LogP contribution in [0.3, 0.4) is 0 Å². The van der Waals surface area contributed by atoms with E-state index in [2.05, 4.69) is 20.9 Å². The number of benzene rings is 2. The molecule has 0 spiro atoms. The molecule has 0 bridgehead atoms. The van der Waals surface area contributed by atoms with Crippen LogP contribution in [0.1, 0.15) is 31.2 Å². The van der Waals surface area contributed by atoms with E-state index in [0.29, 0.717) is 6.42 Å². The lowest BCUT2D eigenvalue weighted by Gasteiger charge is -2.28. The van der Waals surface area contributed by atoms with E-state index in [9.17, 15) is 47.0 Å². The van der Waals surface area contributed by atoms with Gasteiger partial charge in [-0.2, -0.15) is 13.2 Å². The fourth-order valence-electron chi connectivity index (χ4n) is 5.69. The Bertz CT molecular complexity index is 1950. The third-order valence-corrected chi connectivity index (χ3v) is 8.47. The molecule has 0 radical (unpaired) electrons. The van der Waals surface area contributed by atoms with Gasteiger partial charge < -0.3 is 56.6 Å². The number of carboxylic acid groups (broad SMARTS) is 2. The monoisotopic (exact) mass is 820 g/mol. The summed E-state index contributed by atoms with van der Waals surface area (Å²) in [6.07, 6.45) is -4.55. The number of para-hydroxylation sites is 1. The first-order chi connectivity index (χ1) is 27.4. The highest BCUT2D eigenvalue weighted by Crippen LogP contribution is 2.20. The van der Waals surface area contributed by atoms with Crippen LogP contribution in [0.25, 0.3) is 10.9 Å². The number of aliphatic imine (C=N–C) groups is 1. The first-order valence-electron chi connectivity index (χ1n) is 17.5. The molecular formula is C36H43F3N8O11. The van der Waals surface area contributed by atoms with Crippen LogP contribution in [0.5, 0.6) is 0 Å². The molecule has 0 saturated carbocycles. The van der Waals surface area contributed by atoms with Crippen molar-refractivity contribution >= 4 is 58.6 Å². The first-order valence-corrected chi connectivity index (χ1v) is 17.5. The highest BCUT2D eigenvalue weighted by Gasteiger charge is 2.42. The van der Waals surface area contributed by atoms with Gasteiger partial charge in [0.25, 0.3) is 0 Å². The number of nitrogens with two attached hydrogens (primary N) is 2. The second-order valence-corrected chi connectivity index (χ2v) is 12.6. The summed E-state index contributed by atoms with van der Waals surface area (Å²) < 4.78 is 43.6. The molecule has 1 aliphatic rings. The van der Waals surface area contributed by atoms with Crippen LogP contribution < -0.4 is 27.4 Å². The molecule has 22 heteroatoms. The quantitative estimate of drug-likeness (QED) is 0.0431. The zero-order valence-electron chi connectivity index (χ0n) is 31.0. The molecule has 4 atom stereocenters. The van der Waals surface area contributed by atoms with Gasteiger partial charge in [0.2, 0.25) is 17.7 Å². The number of esters is 1. The maximum absolute atomic E-state index is 13.6. The third kappa shape index (κ3) is 14.0. The SMILES string of the molecule is COC(=O)[C@H](Cn1ccc2ccccc21)NC(=O)[C@H](CC(=O)O)N1CC[C@H](NC(=O)[C@H](CCCN=C(N)N)NC(=O)OCc2ccccc2)C1=O.O=C(O)C(F)(F)F. The Hall–Kier alpha value is -6.87. The molecule has 19 nitrogen and oxygen atoms in total. The minimum absolute atomic E-state index is 0.0241. The highest BCUT2D eigenvalue weighted by molar-refractivity contribution is 5.97. The summed E-state index contributed by atoms with van der Waals surface area (Å²) in [6, 6.07) is 13.2. The summed E-state index contributed by atoms with van der Waals surface area (Å²) in [5.41, 5.74) is 12.3. The van der Waals surface area contributed by atoms with Gasteiger partial charge in [0.15, 0.2) is 5.96 Å². The van der Waals surface area contributed by atoms with E-state index in [1.807, 2.05) is 36.4 Å². The number of rotatable bonds is 17. The van der Waals surface area contributed by atoms with Crippen molar-refractivity contribution < 1.29 is 66.4 Å². The smallest absolute Gasteiger partial charge is 0.481 e. The van der Waals surface area contributed by atoms with Crippen molar-refractivity contribution in [2.24, 2.45) is 16.5 Å². The van der Waals surface area contributed by atoms with Crippen LogP contribution in [-0.2, 0) is 51.4 Å². The van der Waals surface area contributed by atoms with Crippen LogP contribution >= 0.6 is 0 Å². The Kier molecular flexibility index (Phi) is 16.8. The second kappa shape index (κ2) is 21.4. The molecule has 3 aromatic rings. The van der Waals surface area contributed by atoms with Gasteiger partial charge in [0.05, 0.1) is 20.1 Å². The van der Waals surface area contributed by atoms with Gasteiger partial charge in [-0.1, -0.05) is 48.5 Å². The average Bonchev–Trinajstić information content (AvgIpc) is 3.75. The van der Waals surface area contributed by atoms with E-state index in [1.165, 1.54) is 0 Å². The Morgan fingerprint density at radius 2 is 1.60 bits per heavy atom. The topological polar surface area (TPSA) is 287 Å². The predicted molar refractivity (Wildman–Crippen MR) is 197 cm³/mol. The number of amides is 4. The number of carboxylic acids is 2. The molecule has 1 fully saturated rings. The van der Waals surface area contributed by atoms with Gasteiger partial charge in [-0.15, -0.1) is 0 Å². The number of halogens is 3. The van der Waals surface area contributed by atoms with E-state index in [0.717, 1.165) is 28.5 Å². The maximum Gasteiger partial charge on any atom is 0.490 e. The number of carbonyl (C=O) groups excluding carboxylic acids is 5. The van der Waals surface area contributed by atoms with E-state index >= 15 is 0 Å². The summed E-state index contributed by atoms with van der Waals surface area (Å²) >= 11 is 0. The third-order valence-electron chi connectivity index (χ3n) is 8.47. The molecular weight excluding hydrogens is 777 g/mol. The van der Waals surface area contributed by atoms with Crippen molar-refractivity contribution in [2.75, 3.05) is 20.2 Å². The Morgan fingerprint density at radius 3 is 2.22 bits per heavy atom. The maximum atomic E-state index is 13.6. The lowest BCUT2D eigenvalue weighted by molar-refractivity contribution is -0.192. The van der Waals surface area contributed by atoms with Gasteiger partial charge in [-0.25, -0.2) is 14.4 Å². The lowest BCUT2D eigenvalue weighted by atomic mass is 10.1. The number of likely N-dealkylation sites (tertiary alicyclic amines) is 1. The number of aliphatic carboxylic acids is 2. The predicted octanol–water partition coefficient (Wildman–Crippen LogP) is 0.841. The van der Waals surface area contributed by atoms with Crippen LogP contribution in [0, 0.1) is 0 Å². The minimum atomic E-state index is -5.08. The van der Waals surface area contributed by atoms with Crippen LogP contribution in [0.2, 0.25) is 0 Å². The van der Waals surface area contributed by atoms with Gasteiger partial charge in [-0.05, 0) is 42.3 Å². The van der Waals surface area contributed by atoms with Crippen molar-refractivity contribution in [2.45, 2.75) is 69.2 Å². The van der Waals surface area contributed by atoms with E-state index in [4.69, 9.17) is 30.8 Å². The van der Waals surface area contributed by atoms with Gasteiger partial charge in [-0.3, -0.25) is 24.2 Å². The van der Waals surface area contributed by atoms with Crippen LogP contribution in [0.15, 0.2) is 71.9 Å². The van der Waals surface area contributed by atoms with Gasteiger partial charge in [0.1, 0.15) is 30.8 Å². The molecule has 0 unspecified atom stereocenters. The number of carbonyl (C=O) groups is 7. The number of nitrogens with zero attached hydrogens (tertiary/aromatic N) is 3. The number of guanidine groups is 1. The molecule has 1 aromatic heterocycles. The first kappa shape index (κ1) is 45.5. The Balaban J connectivity index is 0.00000117. The molecule has 4 amide bonds. The fraction of sp³-hybridized carbons (Fsp3) is 0.389. The summed E-state index contributed by atoms with van der Waals surface area (Å²) in [4.78, 5) is 91.6. The lowest BCUT2D eigenvalue weighted by Crippen LogP contribution is -2.56. The van der Waals surface area contributed by atoms with Crippen molar-refractivity contribution in [3.8, 4) is 0 Å². The summed E-state index contributed by atoms with van der Waals surface area (Å²) in [7, 11) is 1.16. The number of methoxy groups -OCH3 is 1. The molecule has 4 rings (SSSR count). The number of ether oxygens (including phenoxy) is 2. The van der Waals surface area contributed by atoms with Crippen molar-refractivity contribution in [3.05, 3.63) is 72.4 Å². The van der Waals surface area contributed by atoms with Crippen molar-refractivity contribution in [1.29, 1.82) is 0 Å². The molecule has 314 valence electrons. The number of hydrogen-bond acceptors (Lipinski definition) is 10. The molecule has 2 aromatic carbocycles. The average molecular weight is 821 g/mol. The van der Waals surface area contributed by atoms with Gasteiger partial charge >= 0.3 is 30.2 Å². The van der Waals surface area contributed by atoms with Crippen molar-refractivity contribution in [1.82, 2.24) is 25.4 Å². The minimum Gasteiger partial charge on any atom is -0.481 e. The molecule has 2 heterocycles. The Labute approximate surface area is 328 Å². The van der Waals surface area contributed by atoms with E-state index < -0.39 is 78.5 Å². The zero-order valence-corrected chi connectivity index (χ0v) is 31.0. The normalized spacial score (nSPS) is 15.1. The fourth-order valence-corrected chi connectivity index (χ4v) is 5.69.